The summed E-state index contributed by atoms with van der Waals surface area (Å²) in [5.74, 6) is 0. The van der Waals surface area contributed by atoms with Gasteiger partial charge < -0.3 is 10.1 Å². The van der Waals surface area contributed by atoms with Gasteiger partial charge in [0.2, 0.25) is 0 Å². The fraction of sp³-hybridized carbons (Fsp3) is 0.217. The van der Waals surface area contributed by atoms with Crippen molar-refractivity contribution < 1.29 is 4.74 Å². The molecule has 126 valence electrons. The van der Waals surface area contributed by atoms with Crippen molar-refractivity contribution in [1.82, 2.24) is 0 Å². The van der Waals surface area contributed by atoms with Crippen LogP contribution in [0.1, 0.15) is 36.5 Å². The Morgan fingerprint density at radius 2 is 1.36 bits per heavy atom. The maximum atomic E-state index is 6.80. The zero-order valence-corrected chi connectivity index (χ0v) is 14.5. The van der Waals surface area contributed by atoms with Crippen molar-refractivity contribution in [3.63, 3.8) is 0 Å². The van der Waals surface area contributed by atoms with E-state index in [2.05, 4.69) is 97.2 Å². The molecular formula is C23H23NO. The first-order valence-corrected chi connectivity index (χ1v) is 8.99. The van der Waals surface area contributed by atoms with Crippen molar-refractivity contribution >= 4 is 5.69 Å². The number of benzene rings is 3. The quantitative estimate of drug-likeness (QED) is 0.678. The number of hydrogen-bond donors (Lipinski definition) is 1. The van der Waals surface area contributed by atoms with E-state index in [0.717, 1.165) is 29.7 Å². The van der Waals surface area contributed by atoms with Gasteiger partial charge in [-0.3, -0.25) is 0 Å². The Morgan fingerprint density at radius 1 is 0.800 bits per heavy atom. The van der Waals surface area contributed by atoms with E-state index in [4.69, 9.17) is 4.74 Å². The molecule has 1 aliphatic heterocycles. The molecule has 1 atom stereocenters. The summed E-state index contributed by atoms with van der Waals surface area (Å²) in [7, 11) is 0. The van der Waals surface area contributed by atoms with Crippen molar-refractivity contribution in [1.29, 1.82) is 0 Å². The van der Waals surface area contributed by atoms with E-state index in [1.54, 1.807) is 0 Å². The monoisotopic (exact) mass is 329 g/mol. The summed E-state index contributed by atoms with van der Waals surface area (Å²) in [5, 5.41) is 3.57. The van der Waals surface area contributed by atoms with Gasteiger partial charge in [-0.15, -0.1) is 0 Å². The number of hydrogen-bond acceptors (Lipinski definition) is 2. The highest BCUT2D eigenvalue weighted by molar-refractivity contribution is 5.63. The van der Waals surface area contributed by atoms with Gasteiger partial charge in [0, 0.05) is 11.3 Å². The van der Waals surface area contributed by atoms with Gasteiger partial charge >= 0.3 is 0 Å². The van der Waals surface area contributed by atoms with E-state index in [0.29, 0.717) is 0 Å². The summed E-state index contributed by atoms with van der Waals surface area (Å²) >= 11 is 0. The van der Waals surface area contributed by atoms with Crippen LogP contribution in [0.2, 0.25) is 0 Å². The van der Waals surface area contributed by atoms with Gasteiger partial charge in [-0.2, -0.15) is 0 Å². The van der Waals surface area contributed by atoms with Crippen LogP contribution >= 0.6 is 0 Å². The maximum Gasteiger partial charge on any atom is 0.148 e. The van der Waals surface area contributed by atoms with Gasteiger partial charge in [-0.05, 0) is 23.6 Å². The molecule has 1 N–H and O–H groups in total. The van der Waals surface area contributed by atoms with Crippen molar-refractivity contribution in [2.24, 2.45) is 0 Å². The Balaban J connectivity index is 1.99. The first-order valence-electron chi connectivity index (χ1n) is 8.99. The number of rotatable bonds is 4. The van der Waals surface area contributed by atoms with E-state index in [-0.39, 0.29) is 6.23 Å². The molecule has 2 heteroatoms. The standard InChI is InChI=1S/C23H23NO/c1-2-11-22-24-21-17-10-9-16-20(21)23(25-22,18-12-5-3-6-13-18)19-14-7-4-8-15-19/h3-10,12-17,22,24H,2,11H2,1H3/t22-/m1/s1. The lowest BCUT2D eigenvalue weighted by molar-refractivity contribution is -0.0448. The lowest BCUT2D eigenvalue weighted by Crippen LogP contribution is -2.44. The lowest BCUT2D eigenvalue weighted by atomic mass is 9.78. The summed E-state index contributed by atoms with van der Waals surface area (Å²) in [6.45, 7) is 2.19. The number of anilines is 1. The molecule has 0 amide bonds. The van der Waals surface area contributed by atoms with Crippen molar-refractivity contribution in [3.8, 4) is 0 Å². The minimum Gasteiger partial charge on any atom is -0.360 e. The average molecular weight is 329 g/mol. The molecule has 2 nitrogen and oxygen atoms in total. The van der Waals surface area contributed by atoms with Crippen molar-refractivity contribution in [2.75, 3.05) is 5.32 Å². The molecule has 0 bridgehead atoms. The third-order valence-corrected chi connectivity index (χ3v) is 4.85. The predicted molar refractivity (Wildman–Crippen MR) is 103 cm³/mol. The normalized spacial score (nSPS) is 18.2. The summed E-state index contributed by atoms with van der Waals surface area (Å²) in [5.41, 5.74) is 4.05. The molecular weight excluding hydrogens is 306 g/mol. The van der Waals surface area contributed by atoms with Gasteiger partial charge in [0.1, 0.15) is 11.8 Å². The topological polar surface area (TPSA) is 21.3 Å². The average Bonchev–Trinajstić information content (AvgIpc) is 2.69. The highest BCUT2D eigenvalue weighted by atomic mass is 16.5. The van der Waals surface area contributed by atoms with E-state index >= 15 is 0 Å². The largest absolute Gasteiger partial charge is 0.360 e. The van der Waals surface area contributed by atoms with E-state index < -0.39 is 5.60 Å². The number of para-hydroxylation sites is 1. The molecule has 0 saturated carbocycles. The summed E-state index contributed by atoms with van der Waals surface area (Å²) in [6, 6.07) is 29.6. The fourth-order valence-electron chi connectivity index (χ4n) is 3.75. The Labute approximate surface area is 149 Å². The molecule has 0 spiro atoms. The molecule has 0 aromatic heterocycles. The fourth-order valence-corrected chi connectivity index (χ4v) is 3.75. The second-order valence-corrected chi connectivity index (χ2v) is 6.50. The third kappa shape index (κ3) is 2.73. The lowest BCUT2D eigenvalue weighted by Gasteiger charge is -2.44. The van der Waals surface area contributed by atoms with Crippen LogP contribution in [0.5, 0.6) is 0 Å². The van der Waals surface area contributed by atoms with Gasteiger partial charge in [-0.25, -0.2) is 0 Å². The second-order valence-electron chi connectivity index (χ2n) is 6.50. The highest BCUT2D eigenvalue weighted by Crippen LogP contribution is 2.47. The summed E-state index contributed by atoms with van der Waals surface area (Å²) in [4.78, 5) is 0. The maximum absolute atomic E-state index is 6.80. The van der Waals surface area contributed by atoms with Crippen LogP contribution in [0.15, 0.2) is 84.9 Å². The van der Waals surface area contributed by atoms with E-state index in [1.807, 2.05) is 0 Å². The van der Waals surface area contributed by atoms with Gasteiger partial charge in [0.15, 0.2) is 0 Å². The molecule has 0 aliphatic carbocycles. The van der Waals surface area contributed by atoms with Crippen LogP contribution < -0.4 is 5.32 Å². The Hall–Kier alpha value is -2.58. The Morgan fingerprint density at radius 3 is 1.96 bits per heavy atom. The minimum atomic E-state index is -0.593. The van der Waals surface area contributed by atoms with Gasteiger partial charge in [-0.1, -0.05) is 92.2 Å². The zero-order chi connectivity index (χ0) is 17.1. The SMILES string of the molecule is CCC[C@@H]1Nc2ccccc2C(c2ccccc2)(c2ccccc2)O1. The molecule has 0 unspecified atom stereocenters. The minimum absolute atomic E-state index is 0.0136. The molecule has 4 rings (SSSR count). The zero-order valence-electron chi connectivity index (χ0n) is 14.5. The van der Waals surface area contributed by atoms with Crippen LogP contribution in [-0.2, 0) is 10.3 Å². The van der Waals surface area contributed by atoms with Crippen LogP contribution in [0.25, 0.3) is 0 Å². The number of fused-ring (bicyclic) bond motifs is 1. The van der Waals surface area contributed by atoms with Crippen LogP contribution in [-0.4, -0.2) is 6.23 Å². The Kier molecular flexibility index (Phi) is 4.29. The smallest absolute Gasteiger partial charge is 0.148 e. The van der Waals surface area contributed by atoms with Crippen LogP contribution in [0.4, 0.5) is 5.69 Å². The third-order valence-electron chi connectivity index (χ3n) is 4.85. The molecule has 0 radical (unpaired) electrons. The molecule has 1 aliphatic rings. The van der Waals surface area contributed by atoms with Crippen LogP contribution in [0.3, 0.4) is 0 Å². The molecule has 25 heavy (non-hydrogen) atoms. The number of nitrogens with one attached hydrogen (secondary N) is 1. The van der Waals surface area contributed by atoms with E-state index in [9.17, 15) is 0 Å². The number of ether oxygens (including phenoxy) is 1. The van der Waals surface area contributed by atoms with Crippen molar-refractivity contribution in [2.45, 2.75) is 31.6 Å². The molecule has 0 saturated heterocycles. The first kappa shape index (κ1) is 15.9. The van der Waals surface area contributed by atoms with Crippen LogP contribution in [0, 0.1) is 0 Å². The van der Waals surface area contributed by atoms with Crippen molar-refractivity contribution in [3.05, 3.63) is 102 Å². The predicted octanol–water partition coefficient (Wildman–Crippen LogP) is 5.55. The molecule has 0 fully saturated rings. The van der Waals surface area contributed by atoms with Gasteiger partial charge in [0.25, 0.3) is 0 Å². The molecule has 1 heterocycles. The van der Waals surface area contributed by atoms with E-state index in [1.165, 1.54) is 5.56 Å². The first-order chi connectivity index (χ1) is 12.3. The highest BCUT2D eigenvalue weighted by Gasteiger charge is 2.44. The molecule has 3 aromatic carbocycles. The summed E-state index contributed by atoms with van der Waals surface area (Å²) in [6.07, 6.45) is 2.02. The van der Waals surface area contributed by atoms with Gasteiger partial charge in [0.05, 0.1) is 0 Å². The molecule has 3 aromatic rings. The Bertz CT molecular complexity index is 789. The summed E-state index contributed by atoms with van der Waals surface area (Å²) < 4.78 is 6.80. The second kappa shape index (κ2) is 6.73.